The van der Waals surface area contributed by atoms with Gasteiger partial charge in [0.05, 0.1) is 16.8 Å². The summed E-state index contributed by atoms with van der Waals surface area (Å²) in [5.74, 6) is 0.481. The number of benzene rings is 2. The molecule has 10 heteroatoms. The van der Waals surface area contributed by atoms with E-state index in [1.165, 1.54) is 0 Å². The highest BCUT2D eigenvalue weighted by Gasteiger charge is 2.29. The fraction of sp³-hybridized carbons (Fsp3) is 0.357. The number of piperazine rings is 1. The summed E-state index contributed by atoms with van der Waals surface area (Å²) in [6.07, 6.45) is 1.79. The van der Waals surface area contributed by atoms with Crippen LogP contribution in [0.4, 0.5) is 5.82 Å². The molecule has 5 rings (SSSR count). The lowest BCUT2D eigenvalue weighted by atomic mass is 10.1. The van der Waals surface area contributed by atoms with Gasteiger partial charge in [-0.25, -0.2) is 0 Å². The van der Waals surface area contributed by atoms with E-state index < -0.39 is 0 Å². The minimum atomic E-state index is -0.196. The predicted molar refractivity (Wildman–Crippen MR) is 148 cm³/mol. The lowest BCUT2D eigenvalue weighted by molar-refractivity contribution is -0.132. The van der Waals surface area contributed by atoms with Gasteiger partial charge >= 0.3 is 0 Å². The molecule has 1 atom stereocenters. The molecular weight excluding hydrogens is 525 g/mol. The number of aromatic nitrogens is 2. The van der Waals surface area contributed by atoms with Crippen molar-refractivity contribution in [1.82, 2.24) is 20.0 Å². The molecule has 1 aromatic heterocycles. The maximum absolute atomic E-state index is 13.3. The maximum atomic E-state index is 13.3. The number of nitrogens with zero attached hydrogens (tertiary/aromatic N) is 5. The molecule has 38 heavy (non-hydrogen) atoms. The quantitative estimate of drug-likeness (QED) is 0.431. The summed E-state index contributed by atoms with van der Waals surface area (Å²) in [6, 6.07) is 18.1. The SMILES string of the molecule is O=C(CN(C[C@H]1CCCO1)C(=O)c1ccc(Cl)cc1)N1CCN(c2ccc(-c3ccccc3Cl)nn2)CC1. The van der Waals surface area contributed by atoms with E-state index in [1.807, 2.05) is 36.4 Å². The van der Waals surface area contributed by atoms with Crippen molar-refractivity contribution in [2.24, 2.45) is 0 Å². The number of amides is 2. The van der Waals surface area contributed by atoms with Crippen LogP contribution in [0.25, 0.3) is 11.3 Å². The molecule has 0 N–H and O–H groups in total. The average Bonchev–Trinajstić information content (AvgIpc) is 3.46. The first-order chi connectivity index (χ1) is 18.5. The molecule has 2 aromatic carbocycles. The normalized spacial score (nSPS) is 17.5. The number of hydrogen-bond acceptors (Lipinski definition) is 6. The van der Waals surface area contributed by atoms with Crippen LogP contribution < -0.4 is 4.90 Å². The van der Waals surface area contributed by atoms with Gasteiger partial charge in [-0.05, 0) is 55.3 Å². The van der Waals surface area contributed by atoms with Crippen LogP contribution in [0.15, 0.2) is 60.7 Å². The molecule has 2 fully saturated rings. The van der Waals surface area contributed by atoms with Crippen LogP contribution in [-0.2, 0) is 9.53 Å². The Kier molecular flexibility index (Phi) is 8.42. The molecule has 198 valence electrons. The molecular formula is C28H29Cl2N5O3. The van der Waals surface area contributed by atoms with E-state index in [-0.39, 0.29) is 24.5 Å². The number of carbonyl (C=O) groups is 2. The van der Waals surface area contributed by atoms with Gasteiger partial charge in [0.25, 0.3) is 5.91 Å². The van der Waals surface area contributed by atoms with E-state index in [0.717, 1.165) is 24.2 Å². The van der Waals surface area contributed by atoms with Gasteiger partial charge in [0.1, 0.15) is 6.54 Å². The van der Waals surface area contributed by atoms with E-state index in [4.69, 9.17) is 27.9 Å². The number of ether oxygens (including phenoxy) is 1. The second kappa shape index (κ2) is 12.1. The molecule has 3 heterocycles. The minimum absolute atomic E-state index is 0.00760. The zero-order chi connectivity index (χ0) is 26.5. The highest BCUT2D eigenvalue weighted by atomic mass is 35.5. The zero-order valence-corrected chi connectivity index (χ0v) is 22.4. The molecule has 8 nitrogen and oxygen atoms in total. The van der Waals surface area contributed by atoms with E-state index in [2.05, 4.69) is 15.1 Å². The van der Waals surface area contributed by atoms with E-state index >= 15 is 0 Å². The first-order valence-corrected chi connectivity index (χ1v) is 13.5. The van der Waals surface area contributed by atoms with Crippen LogP contribution in [0.5, 0.6) is 0 Å². The van der Waals surface area contributed by atoms with Crippen molar-refractivity contribution in [2.45, 2.75) is 18.9 Å². The van der Waals surface area contributed by atoms with Crippen molar-refractivity contribution in [3.63, 3.8) is 0 Å². The Bertz CT molecular complexity index is 1260. The van der Waals surface area contributed by atoms with E-state index in [9.17, 15) is 9.59 Å². The smallest absolute Gasteiger partial charge is 0.254 e. The van der Waals surface area contributed by atoms with Crippen molar-refractivity contribution >= 4 is 40.8 Å². The monoisotopic (exact) mass is 553 g/mol. The van der Waals surface area contributed by atoms with Gasteiger partial charge in [0.2, 0.25) is 5.91 Å². The Labute approximate surface area is 232 Å². The third kappa shape index (κ3) is 6.26. The molecule has 2 aliphatic rings. The van der Waals surface area contributed by atoms with Crippen molar-refractivity contribution in [3.05, 3.63) is 76.3 Å². The van der Waals surface area contributed by atoms with Gasteiger partial charge in [-0.2, -0.15) is 0 Å². The van der Waals surface area contributed by atoms with Crippen LogP contribution >= 0.6 is 23.2 Å². The Morgan fingerprint density at radius 1 is 0.947 bits per heavy atom. The zero-order valence-electron chi connectivity index (χ0n) is 20.9. The number of rotatable bonds is 7. The van der Waals surface area contributed by atoms with Gasteiger partial charge in [0, 0.05) is 55.5 Å². The lowest BCUT2D eigenvalue weighted by Crippen LogP contribution is -2.52. The summed E-state index contributed by atoms with van der Waals surface area (Å²) < 4.78 is 5.76. The second-order valence-corrected chi connectivity index (χ2v) is 10.3. The summed E-state index contributed by atoms with van der Waals surface area (Å²) in [5, 5.41) is 9.95. The molecule has 3 aromatic rings. The number of carbonyl (C=O) groups excluding carboxylic acids is 2. The van der Waals surface area contributed by atoms with Crippen LogP contribution in [0.1, 0.15) is 23.2 Å². The Morgan fingerprint density at radius 2 is 1.71 bits per heavy atom. The van der Waals surface area contributed by atoms with Crippen molar-refractivity contribution in [1.29, 1.82) is 0 Å². The highest BCUT2D eigenvalue weighted by molar-refractivity contribution is 6.33. The predicted octanol–water partition coefficient (Wildman–Crippen LogP) is 4.42. The van der Waals surface area contributed by atoms with Crippen molar-refractivity contribution in [2.75, 3.05) is 50.8 Å². The van der Waals surface area contributed by atoms with E-state index in [1.54, 1.807) is 34.1 Å². The first-order valence-electron chi connectivity index (χ1n) is 12.8. The van der Waals surface area contributed by atoms with Gasteiger partial charge in [-0.15, -0.1) is 10.2 Å². The summed E-state index contributed by atoms with van der Waals surface area (Å²) in [5.41, 5.74) is 2.05. The Hall–Kier alpha value is -3.20. The topological polar surface area (TPSA) is 78.9 Å². The van der Waals surface area contributed by atoms with Gasteiger partial charge in [-0.3, -0.25) is 9.59 Å². The molecule has 2 saturated heterocycles. The molecule has 0 aliphatic carbocycles. The molecule has 0 saturated carbocycles. The average molecular weight is 554 g/mol. The van der Waals surface area contributed by atoms with Crippen LogP contribution in [-0.4, -0.2) is 83.8 Å². The standard InChI is InChI=1S/C28H29Cl2N5O3/c29-21-9-7-20(8-10-21)28(37)35(18-22-4-3-17-38-22)19-27(36)34-15-13-33(14-16-34)26-12-11-25(31-32-26)23-5-1-2-6-24(23)30/h1-2,5-12,22H,3-4,13-19H2/t22-/m1/s1. The highest BCUT2D eigenvalue weighted by Crippen LogP contribution is 2.26. The number of hydrogen-bond donors (Lipinski definition) is 0. The fourth-order valence-electron chi connectivity index (χ4n) is 4.78. The Balaban J connectivity index is 1.20. The van der Waals surface area contributed by atoms with Gasteiger partial charge in [-0.1, -0.05) is 41.4 Å². The molecule has 0 spiro atoms. The largest absolute Gasteiger partial charge is 0.376 e. The number of anilines is 1. The van der Waals surface area contributed by atoms with Crippen LogP contribution in [0.3, 0.4) is 0 Å². The molecule has 0 unspecified atom stereocenters. The fourth-order valence-corrected chi connectivity index (χ4v) is 5.14. The third-order valence-electron chi connectivity index (χ3n) is 6.91. The van der Waals surface area contributed by atoms with Gasteiger partial charge < -0.3 is 19.4 Å². The maximum Gasteiger partial charge on any atom is 0.254 e. The summed E-state index contributed by atoms with van der Waals surface area (Å²) >= 11 is 12.3. The third-order valence-corrected chi connectivity index (χ3v) is 7.49. The Morgan fingerprint density at radius 3 is 2.37 bits per heavy atom. The lowest BCUT2D eigenvalue weighted by Gasteiger charge is -2.36. The van der Waals surface area contributed by atoms with Crippen LogP contribution in [0.2, 0.25) is 10.0 Å². The van der Waals surface area contributed by atoms with Crippen molar-refractivity contribution < 1.29 is 14.3 Å². The second-order valence-electron chi connectivity index (χ2n) is 9.45. The van der Waals surface area contributed by atoms with E-state index in [0.29, 0.717) is 60.6 Å². The van der Waals surface area contributed by atoms with Crippen molar-refractivity contribution in [3.8, 4) is 11.3 Å². The number of halogens is 2. The summed E-state index contributed by atoms with van der Waals surface area (Å²) in [6.45, 7) is 3.41. The minimum Gasteiger partial charge on any atom is -0.376 e. The molecule has 0 radical (unpaired) electrons. The van der Waals surface area contributed by atoms with Gasteiger partial charge in [0.15, 0.2) is 5.82 Å². The van der Waals surface area contributed by atoms with Crippen LogP contribution in [0, 0.1) is 0 Å². The molecule has 2 aliphatic heterocycles. The summed E-state index contributed by atoms with van der Waals surface area (Å²) in [4.78, 5) is 32.1. The summed E-state index contributed by atoms with van der Waals surface area (Å²) in [7, 11) is 0. The first kappa shape index (κ1) is 26.4. The molecule has 0 bridgehead atoms. The molecule has 2 amide bonds.